The molecule has 1 N–H and O–H groups in total. The van der Waals surface area contributed by atoms with Crippen molar-refractivity contribution in [2.75, 3.05) is 5.75 Å². The van der Waals surface area contributed by atoms with Gasteiger partial charge in [-0.25, -0.2) is 9.97 Å². The summed E-state index contributed by atoms with van der Waals surface area (Å²) in [4.78, 5) is 34.5. The topological polar surface area (TPSA) is 86.1 Å². The van der Waals surface area contributed by atoms with E-state index in [1.807, 2.05) is 0 Å². The first-order valence-electron chi connectivity index (χ1n) is 10.9. The lowest BCUT2D eigenvalue weighted by Gasteiger charge is -2.29. The van der Waals surface area contributed by atoms with Gasteiger partial charge in [0, 0.05) is 36.0 Å². The van der Waals surface area contributed by atoms with Gasteiger partial charge in [-0.15, -0.1) is 0 Å². The Bertz CT molecular complexity index is 1030. The average Bonchev–Trinajstić information content (AvgIpc) is 3.39. The monoisotopic (exact) mass is 460 g/mol. The van der Waals surface area contributed by atoms with Crippen molar-refractivity contribution < 1.29 is 9.53 Å². The number of carbonyl (C=O) groups is 1. The van der Waals surface area contributed by atoms with Gasteiger partial charge in [0.05, 0.1) is 16.8 Å². The fraction of sp³-hybridized carbons (Fsp3) is 0.545. The zero-order chi connectivity index (χ0) is 21.4. The number of halogens is 1. The lowest BCUT2D eigenvalue weighted by molar-refractivity contribution is -0.122. The van der Waals surface area contributed by atoms with E-state index in [9.17, 15) is 9.59 Å². The molecule has 1 atom stereocenters. The molecule has 7 nitrogen and oxygen atoms in total. The Morgan fingerprint density at radius 1 is 1.26 bits per heavy atom. The number of carbonyl (C=O) groups excluding carboxylic acids is 1. The Balaban J connectivity index is 1.13. The van der Waals surface area contributed by atoms with Gasteiger partial charge >= 0.3 is 0 Å². The minimum atomic E-state index is -0.110. The van der Waals surface area contributed by atoms with E-state index >= 15 is 0 Å². The van der Waals surface area contributed by atoms with Crippen LogP contribution in [0.5, 0.6) is 5.88 Å². The number of fused-ring (bicyclic) bond motifs is 2. The van der Waals surface area contributed by atoms with Crippen LogP contribution in [0.4, 0.5) is 0 Å². The van der Waals surface area contributed by atoms with E-state index in [2.05, 4.69) is 15.3 Å². The zero-order valence-electron chi connectivity index (χ0n) is 17.2. The zero-order valence-corrected chi connectivity index (χ0v) is 18.8. The van der Waals surface area contributed by atoms with E-state index in [-0.39, 0.29) is 29.7 Å². The van der Waals surface area contributed by atoms with Crippen LogP contribution in [0.25, 0.3) is 0 Å². The highest BCUT2D eigenvalue weighted by atomic mass is 35.5. The van der Waals surface area contributed by atoms with Gasteiger partial charge in [-0.3, -0.25) is 14.2 Å². The SMILES string of the molecule is O=C(CC1CSc2nc3c(c(=O)n21)CCC3)NC1CCC(Oc2ccc(Cl)cn2)CC1. The smallest absolute Gasteiger partial charge is 0.257 e. The molecule has 31 heavy (non-hydrogen) atoms. The lowest BCUT2D eigenvalue weighted by atomic mass is 9.92. The summed E-state index contributed by atoms with van der Waals surface area (Å²) in [5.74, 6) is 1.32. The van der Waals surface area contributed by atoms with Crippen molar-refractivity contribution in [3.63, 3.8) is 0 Å². The summed E-state index contributed by atoms with van der Waals surface area (Å²) in [6.07, 6.45) is 8.18. The molecule has 1 amide bonds. The maximum atomic E-state index is 12.9. The highest BCUT2D eigenvalue weighted by Gasteiger charge is 2.32. The molecule has 2 aromatic heterocycles. The maximum absolute atomic E-state index is 12.9. The Morgan fingerprint density at radius 2 is 2.10 bits per heavy atom. The van der Waals surface area contributed by atoms with Crippen LogP contribution in [0, 0.1) is 0 Å². The first kappa shape index (κ1) is 20.8. The molecule has 2 aliphatic carbocycles. The van der Waals surface area contributed by atoms with Crippen LogP contribution in [0.3, 0.4) is 0 Å². The molecule has 5 rings (SSSR count). The van der Waals surface area contributed by atoms with E-state index in [0.717, 1.165) is 67.1 Å². The van der Waals surface area contributed by atoms with E-state index in [4.69, 9.17) is 16.3 Å². The molecule has 164 valence electrons. The van der Waals surface area contributed by atoms with Crippen LogP contribution in [0.15, 0.2) is 28.3 Å². The van der Waals surface area contributed by atoms with Crippen LogP contribution in [-0.4, -0.2) is 38.3 Å². The van der Waals surface area contributed by atoms with Crippen molar-refractivity contribution in [2.24, 2.45) is 0 Å². The molecule has 0 spiro atoms. The fourth-order valence-electron chi connectivity index (χ4n) is 4.73. The van der Waals surface area contributed by atoms with E-state index in [1.54, 1.807) is 34.7 Å². The third-order valence-corrected chi connectivity index (χ3v) is 7.64. The number of nitrogens with zero attached hydrogens (tertiary/aromatic N) is 3. The molecule has 1 fully saturated rings. The standard InChI is InChI=1S/C22H25ClN4O3S/c23-13-4-9-20(24-11-13)30-16-7-5-14(6-8-16)25-19(28)10-15-12-31-22-26-18-3-1-2-17(18)21(29)27(15)22/h4,9,11,14-16H,1-3,5-8,10,12H2,(H,25,28). The summed E-state index contributed by atoms with van der Waals surface area (Å²) >= 11 is 7.45. The van der Waals surface area contributed by atoms with Crippen LogP contribution in [-0.2, 0) is 17.6 Å². The first-order valence-corrected chi connectivity index (χ1v) is 12.3. The third-order valence-electron chi connectivity index (χ3n) is 6.32. The van der Waals surface area contributed by atoms with Crippen LogP contribution in [0.1, 0.15) is 55.8 Å². The molecule has 2 aromatic rings. The number of pyridine rings is 1. The number of hydrogen-bond donors (Lipinski definition) is 1. The van der Waals surface area contributed by atoms with Crippen LogP contribution in [0.2, 0.25) is 5.02 Å². The predicted octanol–water partition coefficient (Wildman–Crippen LogP) is 3.32. The second-order valence-electron chi connectivity index (χ2n) is 8.49. The number of ether oxygens (including phenoxy) is 1. The van der Waals surface area contributed by atoms with Crippen molar-refractivity contribution in [2.45, 2.75) is 74.7 Å². The van der Waals surface area contributed by atoms with Gasteiger partial charge in [-0.1, -0.05) is 23.4 Å². The summed E-state index contributed by atoms with van der Waals surface area (Å²) in [6.45, 7) is 0. The van der Waals surface area contributed by atoms with Gasteiger partial charge in [0.1, 0.15) is 6.10 Å². The normalized spacial score (nSPS) is 24.5. The quantitative estimate of drug-likeness (QED) is 0.689. The fourth-order valence-corrected chi connectivity index (χ4v) is 6.00. The summed E-state index contributed by atoms with van der Waals surface area (Å²) in [5.41, 5.74) is 1.88. The number of hydrogen-bond acceptors (Lipinski definition) is 6. The third kappa shape index (κ3) is 4.46. The summed E-state index contributed by atoms with van der Waals surface area (Å²) in [5, 5.41) is 4.53. The Kier molecular flexibility index (Phi) is 5.93. The van der Waals surface area contributed by atoms with Crippen LogP contribution >= 0.6 is 23.4 Å². The molecule has 3 aliphatic rings. The summed E-state index contributed by atoms with van der Waals surface area (Å²) < 4.78 is 7.69. The van der Waals surface area contributed by atoms with E-state index in [1.165, 1.54) is 0 Å². The Hall–Kier alpha value is -2.06. The predicted molar refractivity (Wildman–Crippen MR) is 119 cm³/mol. The molecule has 1 aliphatic heterocycles. The number of nitrogens with one attached hydrogen (secondary N) is 1. The molecule has 0 aromatic carbocycles. The van der Waals surface area contributed by atoms with Crippen molar-refractivity contribution in [3.8, 4) is 5.88 Å². The van der Waals surface area contributed by atoms with Crippen molar-refractivity contribution >= 4 is 29.3 Å². The highest BCUT2D eigenvalue weighted by molar-refractivity contribution is 7.99. The molecular weight excluding hydrogens is 436 g/mol. The van der Waals surface area contributed by atoms with Crippen molar-refractivity contribution in [3.05, 3.63) is 45.0 Å². The molecule has 3 heterocycles. The van der Waals surface area contributed by atoms with E-state index in [0.29, 0.717) is 17.3 Å². The Labute approximate surface area is 189 Å². The van der Waals surface area contributed by atoms with Gasteiger partial charge in [-0.2, -0.15) is 0 Å². The minimum absolute atomic E-state index is 0.00887. The second-order valence-corrected chi connectivity index (χ2v) is 9.91. The highest BCUT2D eigenvalue weighted by Crippen LogP contribution is 2.34. The number of aryl methyl sites for hydroxylation is 1. The Morgan fingerprint density at radius 3 is 2.87 bits per heavy atom. The molecule has 1 saturated carbocycles. The van der Waals surface area contributed by atoms with Gasteiger partial charge in [0.25, 0.3) is 5.56 Å². The minimum Gasteiger partial charge on any atom is -0.474 e. The number of rotatable bonds is 5. The first-order chi connectivity index (χ1) is 15.1. The summed E-state index contributed by atoms with van der Waals surface area (Å²) in [7, 11) is 0. The van der Waals surface area contributed by atoms with Gasteiger partial charge < -0.3 is 10.1 Å². The number of aromatic nitrogens is 3. The summed E-state index contributed by atoms with van der Waals surface area (Å²) in [6, 6.07) is 3.58. The molecule has 0 saturated heterocycles. The van der Waals surface area contributed by atoms with E-state index < -0.39 is 0 Å². The number of amides is 1. The largest absolute Gasteiger partial charge is 0.474 e. The molecule has 0 bridgehead atoms. The van der Waals surface area contributed by atoms with Crippen molar-refractivity contribution in [1.82, 2.24) is 19.9 Å². The molecule has 0 radical (unpaired) electrons. The second kappa shape index (κ2) is 8.82. The number of thioether (sulfide) groups is 1. The average molecular weight is 461 g/mol. The molecule has 9 heteroatoms. The van der Waals surface area contributed by atoms with Gasteiger partial charge in [0.2, 0.25) is 11.8 Å². The van der Waals surface area contributed by atoms with Crippen LogP contribution < -0.4 is 15.6 Å². The lowest BCUT2D eigenvalue weighted by Crippen LogP contribution is -2.41. The van der Waals surface area contributed by atoms with Gasteiger partial charge in [-0.05, 0) is 51.0 Å². The van der Waals surface area contributed by atoms with Gasteiger partial charge in [0.15, 0.2) is 5.16 Å². The maximum Gasteiger partial charge on any atom is 0.257 e. The molecule has 1 unspecified atom stereocenters. The molecular formula is C22H25ClN4O3S. The van der Waals surface area contributed by atoms with Crippen molar-refractivity contribution in [1.29, 1.82) is 0 Å².